The summed E-state index contributed by atoms with van der Waals surface area (Å²) in [6.07, 6.45) is 1.26. The van der Waals surface area contributed by atoms with Crippen LogP contribution < -0.4 is 10.6 Å². The topological polar surface area (TPSA) is 125 Å². The van der Waals surface area contributed by atoms with E-state index >= 15 is 0 Å². The summed E-state index contributed by atoms with van der Waals surface area (Å²) in [6.45, 7) is 6.25. The fraction of sp³-hybridized carbons (Fsp3) is 0.450. The van der Waals surface area contributed by atoms with Crippen molar-refractivity contribution < 1.29 is 23.1 Å². The monoisotopic (exact) mass is 487 g/mol. The summed E-state index contributed by atoms with van der Waals surface area (Å²) in [6, 6.07) is 3.90. The number of anilines is 1. The van der Waals surface area contributed by atoms with Gasteiger partial charge in [-0.05, 0) is 43.5 Å². The zero-order valence-corrected chi connectivity index (χ0v) is 20.1. The van der Waals surface area contributed by atoms with E-state index in [9.17, 15) is 23.1 Å². The molecule has 1 heterocycles. The van der Waals surface area contributed by atoms with Gasteiger partial charge in [0.2, 0.25) is 5.91 Å². The Labute approximate surface area is 191 Å². The Bertz CT molecular complexity index is 1070. The molecule has 0 unspecified atom stereocenters. The number of aromatic nitrogens is 1. The lowest BCUT2D eigenvalue weighted by Gasteiger charge is -2.15. The SMILES string of the molecule is Cc1nc(NC(=O)CC[C@@H](NCC(C)C)C(=O)O)sc1-c1ccc(Cl)c(S(C)(=O)=O)c1. The number of benzene rings is 1. The predicted molar refractivity (Wildman–Crippen MR) is 123 cm³/mol. The number of aryl methyl sites for hydroxylation is 1. The number of sulfone groups is 1. The van der Waals surface area contributed by atoms with E-state index in [1.807, 2.05) is 13.8 Å². The Hall–Kier alpha value is -2.01. The van der Waals surface area contributed by atoms with E-state index in [1.54, 1.807) is 13.0 Å². The van der Waals surface area contributed by atoms with Crippen LogP contribution in [0.5, 0.6) is 0 Å². The van der Waals surface area contributed by atoms with Gasteiger partial charge >= 0.3 is 5.97 Å². The third-order valence-electron chi connectivity index (χ3n) is 4.37. The lowest BCUT2D eigenvalue weighted by Crippen LogP contribution is -2.39. The van der Waals surface area contributed by atoms with Crippen LogP contribution in [-0.4, -0.2) is 49.2 Å². The van der Waals surface area contributed by atoms with Crippen molar-refractivity contribution >= 4 is 49.8 Å². The van der Waals surface area contributed by atoms with Gasteiger partial charge in [-0.3, -0.25) is 9.59 Å². The summed E-state index contributed by atoms with van der Waals surface area (Å²) >= 11 is 7.22. The molecular formula is C20H26ClN3O5S2. The first-order valence-corrected chi connectivity index (χ1v) is 12.7. The molecule has 1 aromatic heterocycles. The zero-order valence-electron chi connectivity index (χ0n) is 17.7. The van der Waals surface area contributed by atoms with Crippen LogP contribution in [0.4, 0.5) is 5.13 Å². The fourth-order valence-corrected chi connectivity index (χ4v) is 5.07. The van der Waals surface area contributed by atoms with Gasteiger partial charge in [-0.1, -0.05) is 42.9 Å². The molecule has 2 rings (SSSR count). The average molecular weight is 488 g/mol. The van der Waals surface area contributed by atoms with Crippen LogP contribution in [0.1, 0.15) is 32.4 Å². The van der Waals surface area contributed by atoms with E-state index in [1.165, 1.54) is 23.5 Å². The Balaban J connectivity index is 2.09. The maximum absolute atomic E-state index is 12.3. The lowest BCUT2D eigenvalue weighted by molar-refractivity contribution is -0.139. The van der Waals surface area contributed by atoms with Gasteiger partial charge in [0.25, 0.3) is 0 Å². The molecule has 1 atom stereocenters. The second-order valence-corrected chi connectivity index (χ2v) is 11.0. The third-order valence-corrected chi connectivity index (χ3v) is 7.07. The zero-order chi connectivity index (χ0) is 23.3. The van der Waals surface area contributed by atoms with Crippen molar-refractivity contribution in [1.82, 2.24) is 10.3 Å². The average Bonchev–Trinajstić information content (AvgIpc) is 3.00. The van der Waals surface area contributed by atoms with E-state index in [2.05, 4.69) is 15.6 Å². The lowest BCUT2D eigenvalue weighted by atomic mass is 10.1. The molecule has 0 saturated carbocycles. The van der Waals surface area contributed by atoms with Crippen LogP contribution in [0.3, 0.4) is 0 Å². The summed E-state index contributed by atoms with van der Waals surface area (Å²) in [7, 11) is -3.49. The first-order chi connectivity index (χ1) is 14.4. The van der Waals surface area contributed by atoms with Gasteiger partial charge in [0.1, 0.15) is 6.04 Å². The van der Waals surface area contributed by atoms with Gasteiger partial charge < -0.3 is 15.7 Å². The molecule has 0 radical (unpaired) electrons. The van der Waals surface area contributed by atoms with Gasteiger partial charge in [0, 0.05) is 12.7 Å². The van der Waals surface area contributed by atoms with Crippen molar-refractivity contribution in [3.05, 3.63) is 28.9 Å². The minimum atomic E-state index is -3.49. The minimum Gasteiger partial charge on any atom is -0.480 e. The number of thiazole rings is 1. The number of hydrogen-bond donors (Lipinski definition) is 3. The van der Waals surface area contributed by atoms with Crippen LogP contribution in [0.25, 0.3) is 10.4 Å². The first kappa shape index (κ1) is 25.3. The predicted octanol–water partition coefficient (Wildman–Crippen LogP) is 3.59. The molecule has 170 valence electrons. The van der Waals surface area contributed by atoms with E-state index in [-0.39, 0.29) is 28.7 Å². The number of aliphatic carboxylic acids is 1. The number of nitrogens with zero attached hydrogens (tertiary/aromatic N) is 1. The molecule has 0 bridgehead atoms. The van der Waals surface area contributed by atoms with Crippen LogP contribution in [-0.2, 0) is 19.4 Å². The summed E-state index contributed by atoms with van der Waals surface area (Å²) in [5.41, 5.74) is 1.26. The fourth-order valence-electron chi connectivity index (χ4n) is 2.79. The molecule has 1 amide bonds. The van der Waals surface area contributed by atoms with Crippen LogP contribution in [0.15, 0.2) is 23.1 Å². The molecule has 31 heavy (non-hydrogen) atoms. The Kier molecular flexibility index (Phi) is 8.58. The largest absolute Gasteiger partial charge is 0.480 e. The number of carboxylic acids is 1. The normalized spacial score (nSPS) is 12.7. The molecule has 0 aliphatic carbocycles. The molecule has 1 aromatic carbocycles. The molecule has 8 nitrogen and oxygen atoms in total. The standard InChI is InChI=1S/C20H26ClN3O5S2/c1-11(2)10-22-15(19(26)27)7-8-17(25)24-20-23-12(3)18(30-20)13-5-6-14(21)16(9-13)31(4,28)29/h5-6,9,11,15,22H,7-8,10H2,1-4H3,(H,26,27)(H,23,24,25)/t15-/m1/s1. The number of amides is 1. The second kappa shape index (κ2) is 10.5. The van der Waals surface area contributed by atoms with Gasteiger partial charge in [-0.2, -0.15) is 0 Å². The maximum Gasteiger partial charge on any atom is 0.320 e. The highest BCUT2D eigenvalue weighted by molar-refractivity contribution is 7.90. The van der Waals surface area contributed by atoms with Crippen molar-refractivity contribution in [2.75, 3.05) is 18.1 Å². The third kappa shape index (κ3) is 7.27. The number of rotatable bonds is 10. The minimum absolute atomic E-state index is 0.0230. The van der Waals surface area contributed by atoms with Crippen LogP contribution in [0.2, 0.25) is 5.02 Å². The molecule has 0 aliphatic rings. The summed E-state index contributed by atoms with van der Waals surface area (Å²) in [5.74, 6) is -1.04. The van der Waals surface area contributed by atoms with Gasteiger partial charge in [-0.15, -0.1) is 0 Å². The molecule has 3 N–H and O–H groups in total. The number of nitrogens with one attached hydrogen (secondary N) is 2. The van der Waals surface area contributed by atoms with Gasteiger partial charge in [0.15, 0.2) is 15.0 Å². The van der Waals surface area contributed by atoms with Crippen molar-refractivity contribution in [2.24, 2.45) is 5.92 Å². The number of halogens is 1. The molecule has 0 aliphatic heterocycles. The van der Waals surface area contributed by atoms with Gasteiger partial charge in [0.05, 0.1) is 20.5 Å². The second-order valence-electron chi connectivity index (χ2n) is 7.63. The molecule has 0 spiro atoms. The van der Waals surface area contributed by atoms with Crippen molar-refractivity contribution in [2.45, 2.75) is 44.6 Å². The van der Waals surface area contributed by atoms with Crippen molar-refractivity contribution in [3.8, 4) is 10.4 Å². The Morgan fingerprint density at radius 1 is 1.29 bits per heavy atom. The van der Waals surface area contributed by atoms with Crippen molar-refractivity contribution in [1.29, 1.82) is 0 Å². The first-order valence-electron chi connectivity index (χ1n) is 9.62. The molecule has 11 heteroatoms. The Morgan fingerprint density at radius 3 is 2.55 bits per heavy atom. The van der Waals surface area contributed by atoms with E-state index in [0.717, 1.165) is 6.26 Å². The summed E-state index contributed by atoms with van der Waals surface area (Å²) < 4.78 is 23.9. The van der Waals surface area contributed by atoms with Crippen LogP contribution in [0, 0.1) is 12.8 Å². The summed E-state index contributed by atoms with van der Waals surface area (Å²) in [5, 5.41) is 15.4. The molecule has 2 aromatic rings. The maximum atomic E-state index is 12.3. The van der Waals surface area contributed by atoms with Crippen molar-refractivity contribution in [3.63, 3.8) is 0 Å². The molecule has 0 fully saturated rings. The highest BCUT2D eigenvalue weighted by Gasteiger charge is 2.20. The number of carbonyl (C=O) groups is 2. The molecule has 0 saturated heterocycles. The smallest absolute Gasteiger partial charge is 0.320 e. The number of hydrogen-bond acceptors (Lipinski definition) is 7. The quantitative estimate of drug-likeness (QED) is 0.467. The van der Waals surface area contributed by atoms with Gasteiger partial charge in [-0.25, -0.2) is 13.4 Å². The highest BCUT2D eigenvalue weighted by Crippen LogP contribution is 2.35. The Morgan fingerprint density at radius 2 is 1.97 bits per heavy atom. The number of carboxylic acid groups (broad SMARTS) is 1. The number of carbonyl (C=O) groups excluding carboxylic acids is 1. The van der Waals surface area contributed by atoms with E-state index < -0.39 is 21.8 Å². The molecular weight excluding hydrogens is 462 g/mol. The van der Waals surface area contributed by atoms with E-state index in [0.29, 0.717) is 33.7 Å². The summed E-state index contributed by atoms with van der Waals surface area (Å²) in [4.78, 5) is 28.7. The van der Waals surface area contributed by atoms with E-state index in [4.69, 9.17) is 11.6 Å². The highest BCUT2D eigenvalue weighted by atomic mass is 35.5. The van der Waals surface area contributed by atoms with Crippen LogP contribution >= 0.6 is 22.9 Å².